The van der Waals surface area contributed by atoms with E-state index in [0.717, 1.165) is 21.4 Å². The van der Waals surface area contributed by atoms with Crippen LogP contribution in [0.1, 0.15) is 71.3 Å². The average molecular weight is 554 g/mol. The maximum atomic E-state index is 13.8. The molecule has 6 nitrogen and oxygen atoms in total. The molecule has 0 unspecified atom stereocenters. The van der Waals surface area contributed by atoms with E-state index < -0.39 is 11.9 Å². The first-order valence-electron chi connectivity index (χ1n) is 12.2. The third-order valence-corrected chi connectivity index (χ3v) is 7.66. The van der Waals surface area contributed by atoms with E-state index >= 15 is 0 Å². The van der Waals surface area contributed by atoms with E-state index in [2.05, 4.69) is 49.5 Å². The number of nitrogens with zero attached hydrogens (tertiary/aromatic N) is 1. The molecule has 0 atom stereocenters. The van der Waals surface area contributed by atoms with Crippen LogP contribution in [-0.4, -0.2) is 40.7 Å². The van der Waals surface area contributed by atoms with E-state index in [1.165, 1.54) is 0 Å². The number of benzene rings is 1. The Morgan fingerprint density at radius 3 is 2.14 bits per heavy atom. The summed E-state index contributed by atoms with van der Waals surface area (Å²) in [4.78, 5) is 41.2. The van der Waals surface area contributed by atoms with Gasteiger partial charge in [-0.15, -0.1) is 6.42 Å². The van der Waals surface area contributed by atoms with Crippen LogP contribution in [0.5, 0.6) is 5.75 Å². The number of carboxylic acid groups (broad SMARTS) is 1. The summed E-state index contributed by atoms with van der Waals surface area (Å²) in [6, 6.07) is 5.56. The van der Waals surface area contributed by atoms with Crippen LogP contribution in [0, 0.1) is 23.2 Å². The van der Waals surface area contributed by atoms with Crippen LogP contribution in [-0.2, 0) is 14.4 Å². The summed E-state index contributed by atoms with van der Waals surface area (Å²) >= 11 is 3.55. The summed E-state index contributed by atoms with van der Waals surface area (Å²) in [6.45, 7) is 8.50. The molecule has 2 aliphatic carbocycles. The van der Waals surface area contributed by atoms with Crippen molar-refractivity contribution in [2.24, 2.45) is 10.8 Å². The summed E-state index contributed by atoms with van der Waals surface area (Å²) in [5.41, 5.74) is 2.97. The van der Waals surface area contributed by atoms with Crippen LogP contribution in [0.15, 0.2) is 45.2 Å². The largest absolute Gasteiger partial charge is 0.481 e. The molecule has 0 saturated heterocycles. The molecule has 1 N–H and O–H groups in total. The van der Waals surface area contributed by atoms with Gasteiger partial charge < -0.3 is 14.7 Å². The number of hydrogen-bond donors (Lipinski definition) is 1. The van der Waals surface area contributed by atoms with Crippen LogP contribution < -0.4 is 4.74 Å². The second kappa shape index (κ2) is 9.55. The van der Waals surface area contributed by atoms with Crippen LogP contribution in [0.4, 0.5) is 0 Å². The molecule has 1 heterocycles. The van der Waals surface area contributed by atoms with Crippen molar-refractivity contribution >= 4 is 33.5 Å². The highest BCUT2D eigenvalue weighted by atomic mass is 79.9. The minimum Gasteiger partial charge on any atom is -0.481 e. The molecule has 0 spiro atoms. The molecule has 0 bridgehead atoms. The van der Waals surface area contributed by atoms with Gasteiger partial charge in [0.05, 0.1) is 6.42 Å². The number of Topliss-reactive ketones (excluding diaryl/α,β-unsaturated/α-hetero) is 2. The molecule has 36 heavy (non-hydrogen) atoms. The van der Waals surface area contributed by atoms with Crippen molar-refractivity contribution < 1.29 is 24.2 Å². The van der Waals surface area contributed by atoms with Gasteiger partial charge in [-0.2, -0.15) is 0 Å². The minimum absolute atomic E-state index is 0.0152. The van der Waals surface area contributed by atoms with Gasteiger partial charge in [-0.05, 0) is 41.9 Å². The lowest BCUT2D eigenvalue weighted by Crippen LogP contribution is -2.45. The molecular weight excluding hydrogens is 522 g/mol. The number of carbonyl (C=O) groups is 3. The monoisotopic (exact) mass is 553 g/mol. The molecule has 190 valence electrons. The van der Waals surface area contributed by atoms with Crippen LogP contribution >= 0.6 is 15.9 Å². The lowest BCUT2D eigenvalue weighted by Gasteiger charge is -2.49. The van der Waals surface area contributed by atoms with Gasteiger partial charge in [0.1, 0.15) is 12.4 Å². The van der Waals surface area contributed by atoms with Gasteiger partial charge in [0.15, 0.2) is 11.6 Å². The van der Waals surface area contributed by atoms with Gasteiger partial charge in [-0.3, -0.25) is 14.4 Å². The van der Waals surface area contributed by atoms with Crippen molar-refractivity contribution in [1.82, 2.24) is 4.90 Å². The fraction of sp³-hybridized carbons (Fsp3) is 0.483. The topological polar surface area (TPSA) is 83.9 Å². The number of rotatable bonds is 6. The number of aliphatic carboxylic acids is 1. The molecule has 0 fully saturated rings. The molecule has 3 aliphatic rings. The molecule has 0 saturated carbocycles. The normalized spacial score (nSPS) is 21.2. The molecule has 1 aromatic rings. The van der Waals surface area contributed by atoms with Crippen LogP contribution in [0.3, 0.4) is 0 Å². The maximum absolute atomic E-state index is 13.8. The number of carboxylic acids is 1. The standard InChI is InChI=1S/C29H32BrNO5/c1-6-11-36-23-8-7-17(30)12-18(23)25-26-19(13-28(2,3)15-21(26)32)31(10-9-24(34)35)20-14-29(4,5)16-22(33)27(20)25/h1,7-8,12,25H,9-11,13-16H2,2-5H3,(H,34,35). The van der Waals surface area contributed by atoms with E-state index in [0.29, 0.717) is 42.6 Å². The van der Waals surface area contributed by atoms with Gasteiger partial charge in [-0.25, -0.2) is 0 Å². The molecule has 0 radical (unpaired) electrons. The average Bonchev–Trinajstić information content (AvgIpc) is 2.74. The van der Waals surface area contributed by atoms with Gasteiger partial charge in [0.25, 0.3) is 0 Å². The Bertz CT molecular complexity index is 1190. The number of hydrogen-bond acceptors (Lipinski definition) is 5. The summed E-state index contributed by atoms with van der Waals surface area (Å²) in [5, 5.41) is 9.49. The first kappa shape index (κ1) is 26.2. The Kier molecular flexibility index (Phi) is 6.96. The van der Waals surface area contributed by atoms with Crippen molar-refractivity contribution in [3.8, 4) is 18.1 Å². The fourth-order valence-electron chi connectivity index (χ4n) is 5.83. The van der Waals surface area contributed by atoms with Crippen molar-refractivity contribution in [1.29, 1.82) is 0 Å². The van der Waals surface area contributed by atoms with Gasteiger partial charge in [-0.1, -0.05) is 49.5 Å². The molecule has 4 rings (SSSR count). The Balaban J connectivity index is 2.02. The Morgan fingerprint density at radius 1 is 1.08 bits per heavy atom. The Labute approximate surface area is 220 Å². The summed E-state index contributed by atoms with van der Waals surface area (Å²) in [6.07, 6.45) is 7.31. The molecule has 1 aliphatic heterocycles. The number of ether oxygens (including phenoxy) is 1. The van der Waals surface area contributed by atoms with Crippen molar-refractivity contribution in [3.05, 3.63) is 50.8 Å². The van der Waals surface area contributed by atoms with Crippen molar-refractivity contribution in [2.45, 2.75) is 65.7 Å². The highest BCUT2D eigenvalue weighted by molar-refractivity contribution is 9.10. The molecule has 0 amide bonds. The molecular formula is C29H32BrNO5. The molecule has 7 heteroatoms. The molecule has 0 aromatic heterocycles. The SMILES string of the molecule is C#CCOc1ccc(Br)cc1C1C2=C(CC(C)(C)CC2=O)N(CCC(=O)O)C2=C1C(=O)CC(C)(C)C2. The number of terminal acetylenes is 1. The lowest BCUT2D eigenvalue weighted by molar-refractivity contribution is -0.137. The Morgan fingerprint density at radius 2 is 1.64 bits per heavy atom. The second-order valence-electron chi connectivity index (χ2n) is 11.5. The van der Waals surface area contributed by atoms with E-state index in [4.69, 9.17) is 11.2 Å². The minimum atomic E-state index is -0.916. The second-order valence-corrected chi connectivity index (χ2v) is 12.4. The number of allylic oxidation sites excluding steroid dienone is 4. The quantitative estimate of drug-likeness (QED) is 0.460. The summed E-state index contributed by atoms with van der Waals surface area (Å²) in [7, 11) is 0. The predicted octanol–water partition coefficient (Wildman–Crippen LogP) is 5.62. The zero-order chi connectivity index (χ0) is 26.4. The summed E-state index contributed by atoms with van der Waals surface area (Å²) in [5.74, 6) is 1.49. The van der Waals surface area contributed by atoms with Crippen molar-refractivity contribution in [3.63, 3.8) is 0 Å². The first-order chi connectivity index (χ1) is 16.8. The van der Waals surface area contributed by atoms with E-state index in [1.807, 2.05) is 23.1 Å². The fourth-order valence-corrected chi connectivity index (χ4v) is 6.21. The zero-order valence-electron chi connectivity index (χ0n) is 21.2. The Hall–Kier alpha value is -2.85. The van der Waals surface area contributed by atoms with E-state index in [-0.39, 0.29) is 42.0 Å². The number of ketones is 2. The highest BCUT2D eigenvalue weighted by Gasteiger charge is 2.49. The number of carbonyl (C=O) groups excluding carboxylic acids is 2. The highest BCUT2D eigenvalue weighted by Crippen LogP contribution is 2.55. The van der Waals surface area contributed by atoms with Crippen LogP contribution in [0.25, 0.3) is 0 Å². The smallest absolute Gasteiger partial charge is 0.305 e. The predicted molar refractivity (Wildman–Crippen MR) is 140 cm³/mol. The maximum Gasteiger partial charge on any atom is 0.305 e. The zero-order valence-corrected chi connectivity index (χ0v) is 22.8. The first-order valence-corrected chi connectivity index (χ1v) is 13.0. The van der Waals surface area contributed by atoms with Gasteiger partial charge >= 0.3 is 5.97 Å². The van der Waals surface area contributed by atoms with E-state index in [9.17, 15) is 19.5 Å². The van der Waals surface area contributed by atoms with Gasteiger partial charge in [0, 0.05) is 57.9 Å². The lowest BCUT2D eigenvalue weighted by atomic mass is 9.63. The van der Waals surface area contributed by atoms with Crippen LogP contribution in [0.2, 0.25) is 0 Å². The number of halogens is 1. The third-order valence-electron chi connectivity index (χ3n) is 7.16. The van der Waals surface area contributed by atoms with E-state index in [1.54, 1.807) is 0 Å². The third kappa shape index (κ3) is 5.01. The van der Waals surface area contributed by atoms with Crippen molar-refractivity contribution in [2.75, 3.05) is 13.2 Å². The summed E-state index contributed by atoms with van der Waals surface area (Å²) < 4.78 is 6.70. The molecule has 1 aromatic carbocycles. The van der Waals surface area contributed by atoms with Gasteiger partial charge in [0.2, 0.25) is 0 Å².